The van der Waals surface area contributed by atoms with Gasteiger partial charge in [0.1, 0.15) is 0 Å². The summed E-state index contributed by atoms with van der Waals surface area (Å²) in [5.41, 5.74) is 4.13. The Bertz CT molecular complexity index is 824. The molecule has 0 unspecified atom stereocenters. The van der Waals surface area contributed by atoms with E-state index in [1.807, 2.05) is 0 Å². The predicted molar refractivity (Wildman–Crippen MR) is 126 cm³/mol. The van der Waals surface area contributed by atoms with E-state index in [1.165, 1.54) is 16.7 Å². The van der Waals surface area contributed by atoms with E-state index < -0.39 is 0 Å². The van der Waals surface area contributed by atoms with Gasteiger partial charge in [-0.05, 0) is 49.3 Å². The smallest absolute Gasteiger partial charge is 0.315 e. The molecule has 0 aromatic heterocycles. The van der Waals surface area contributed by atoms with Gasteiger partial charge in [-0.15, -0.1) is 0 Å². The Morgan fingerprint density at radius 3 is 1.87 bits per heavy atom. The second-order valence-electron chi connectivity index (χ2n) is 9.13. The van der Waals surface area contributed by atoms with Crippen molar-refractivity contribution in [1.82, 2.24) is 20.4 Å². The molecule has 0 aliphatic carbocycles. The van der Waals surface area contributed by atoms with E-state index in [-0.39, 0.29) is 18.1 Å². The van der Waals surface area contributed by atoms with Gasteiger partial charge in [-0.3, -0.25) is 9.80 Å². The first-order chi connectivity index (χ1) is 15.2. The molecule has 2 aliphatic rings. The Morgan fingerprint density at radius 1 is 0.774 bits per heavy atom. The van der Waals surface area contributed by atoms with Gasteiger partial charge in [0, 0.05) is 51.4 Å². The fraction of sp³-hybridized carbons (Fsp3) is 0.500. The van der Waals surface area contributed by atoms with Crippen molar-refractivity contribution in [3.63, 3.8) is 0 Å². The van der Waals surface area contributed by atoms with Crippen LogP contribution in [0.15, 0.2) is 54.6 Å². The molecule has 2 aromatic carbocycles. The summed E-state index contributed by atoms with van der Waals surface area (Å²) < 4.78 is 0. The number of nitrogens with one attached hydrogen (secondary N) is 2. The fourth-order valence-electron chi connectivity index (χ4n) is 4.75. The molecule has 0 radical (unpaired) electrons. The van der Waals surface area contributed by atoms with Crippen LogP contribution in [0.3, 0.4) is 0 Å². The van der Waals surface area contributed by atoms with E-state index in [4.69, 9.17) is 0 Å². The van der Waals surface area contributed by atoms with E-state index in [0.29, 0.717) is 0 Å². The minimum Gasteiger partial charge on any atom is -0.335 e. The summed E-state index contributed by atoms with van der Waals surface area (Å²) in [6, 6.07) is 19.8. The van der Waals surface area contributed by atoms with Crippen molar-refractivity contribution < 1.29 is 4.79 Å². The molecular formula is C26H36N4O. The monoisotopic (exact) mass is 420 g/mol. The van der Waals surface area contributed by atoms with Crippen LogP contribution >= 0.6 is 0 Å². The number of benzene rings is 2. The van der Waals surface area contributed by atoms with Crippen molar-refractivity contribution in [3.8, 4) is 0 Å². The van der Waals surface area contributed by atoms with E-state index in [2.05, 4.69) is 82.0 Å². The van der Waals surface area contributed by atoms with E-state index in [9.17, 15) is 4.79 Å². The Morgan fingerprint density at radius 2 is 1.29 bits per heavy atom. The van der Waals surface area contributed by atoms with Crippen LogP contribution < -0.4 is 10.6 Å². The van der Waals surface area contributed by atoms with Crippen molar-refractivity contribution in [3.05, 3.63) is 71.3 Å². The number of rotatable bonds is 6. The quantitative estimate of drug-likeness (QED) is 0.745. The number of likely N-dealkylation sites (tertiary alicyclic amines) is 2. The third-order valence-electron chi connectivity index (χ3n) is 6.75. The maximum absolute atomic E-state index is 12.5. The van der Waals surface area contributed by atoms with Crippen molar-refractivity contribution in [1.29, 1.82) is 0 Å². The maximum Gasteiger partial charge on any atom is 0.315 e. The number of amides is 2. The van der Waals surface area contributed by atoms with Crippen LogP contribution in [-0.4, -0.2) is 54.1 Å². The Hall–Kier alpha value is -2.37. The molecule has 166 valence electrons. The van der Waals surface area contributed by atoms with Gasteiger partial charge in [0.2, 0.25) is 0 Å². The first-order valence-electron chi connectivity index (χ1n) is 11.8. The standard InChI is InChI=1S/C26H36N4O/c1-21-7-5-6-10-23(21)20-30-17-13-25(14-18-30)28-26(31)27-24-11-15-29(16-12-24)19-22-8-3-2-4-9-22/h2-10,24-25H,11-20H2,1H3,(H2,27,28,31). The Labute approximate surface area is 186 Å². The fourth-order valence-corrected chi connectivity index (χ4v) is 4.75. The molecule has 31 heavy (non-hydrogen) atoms. The Kier molecular flexibility index (Phi) is 7.60. The highest BCUT2D eigenvalue weighted by Gasteiger charge is 2.24. The van der Waals surface area contributed by atoms with Crippen molar-refractivity contribution in [2.24, 2.45) is 0 Å². The van der Waals surface area contributed by atoms with Crippen LogP contribution in [-0.2, 0) is 13.1 Å². The predicted octanol–water partition coefficient (Wildman–Crippen LogP) is 3.92. The van der Waals surface area contributed by atoms with E-state index in [0.717, 1.165) is 65.0 Å². The van der Waals surface area contributed by atoms with Crippen LogP contribution in [0.4, 0.5) is 4.79 Å². The third kappa shape index (κ3) is 6.55. The van der Waals surface area contributed by atoms with Crippen LogP contribution in [0.5, 0.6) is 0 Å². The zero-order valence-electron chi connectivity index (χ0n) is 18.7. The van der Waals surface area contributed by atoms with Gasteiger partial charge in [0.25, 0.3) is 0 Å². The highest BCUT2D eigenvalue weighted by molar-refractivity contribution is 5.74. The van der Waals surface area contributed by atoms with Crippen molar-refractivity contribution >= 4 is 6.03 Å². The number of hydrogen-bond donors (Lipinski definition) is 2. The lowest BCUT2D eigenvalue weighted by Gasteiger charge is -2.34. The second kappa shape index (κ2) is 10.8. The van der Waals surface area contributed by atoms with E-state index in [1.54, 1.807) is 0 Å². The number of aryl methyl sites for hydroxylation is 1. The summed E-state index contributed by atoms with van der Waals surface area (Å²) in [6.45, 7) is 8.34. The first-order valence-corrected chi connectivity index (χ1v) is 11.8. The van der Waals surface area contributed by atoms with E-state index >= 15 is 0 Å². The van der Waals surface area contributed by atoms with Gasteiger partial charge in [0.15, 0.2) is 0 Å². The van der Waals surface area contributed by atoms with Crippen molar-refractivity contribution in [2.45, 2.75) is 57.8 Å². The number of urea groups is 1. The summed E-state index contributed by atoms with van der Waals surface area (Å²) >= 11 is 0. The lowest BCUT2D eigenvalue weighted by Crippen LogP contribution is -2.52. The molecule has 2 N–H and O–H groups in total. The Balaban J connectivity index is 1.13. The molecule has 0 bridgehead atoms. The molecule has 2 fully saturated rings. The molecule has 5 nitrogen and oxygen atoms in total. The SMILES string of the molecule is Cc1ccccc1CN1CCC(NC(=O)NC2CCN(Cc3ccccc3)CC2)CC1. The summed E-state index contributed by atoms with van der Waals surface area (Å²) in [4.78, 5) is 17.5. The minimum absolute atomic E-state index is 0.0128. The molecule has 0 spiro atoms. The summed E-state index contributed by atoms with van der Waals surface area (Å²) in [6.07, 6.45) is 4.09. The largest absolute Gasteiger partial charge is 0.335 e. The molecule has 2 heterocycles. The number of hydrogen-bond acceptors (Lipinski definition) is 3. The van der Waals surface area contributed by atoms with Gasteiger partial charge in [-0.1, -0.05) is 54.6 Å². The lowest BCUT2D eigenvalue weighted by molar-refractivity contribution is 0.174. The summed E-state index contributed by atoms with van der Waals surface area (Å²) in [5, 5.41) is 6.44. The topological polar surface area (TPSA) is 47.6 Å². The maximum atomic E-state index is 12.5. The molecule has 2 aliphatic heterocycles. The average molecular weight is 421 g/mol. The molecule has 0 atom stereocenters. The third-order valence-corrected chi connectivity index (χ3v) is 6.75. The highest BCUT2D eigenvalue weighted by Crippen LogP contribution is 2.17. The summed E-state index contributed by atoms with van der Waals surface area (Å²) in [7, 11) is 0. The second-order valence-corrected chi connectivity index (χ2v) is 9.13. The normalized spacial score (nSPS) is 19.3. The number of carbonyl (C=O) groups is 1. The van der Waals surface area contributed by atoms with Gasteiger partial charge >= 0.3 is 6.03 Å². The number of carbonyl (C=O) groups excluding carboxylic acids is 1. The number of nitrogens with zero attached hydrogens (tertiary/aromatic N) is 2. The van der Waals surface area contributed by atoms with Gasteiger partial charge in [-0.2, -0.15) is 0 Å². The molecule has 5 heteroatoms. The number of piperidine rings is 2. The zero-order valence-corrected chi connectivity index (χ0v) is 18.7. The summed E-state index contributed by atoms with van der Waals surface area (Å²) in [5.74, 6) is 0. The van der Waals surface area contributed by atoms with Crippen LogP contribution in [0.2, 0.25) is 0 Å². The van der Waals surface area contributed by atoms with Gasteiger partial charge < -0.3 is 10.6 Å². The van der Waals surface area contributed by atoms with Crippen LogP contribution in [0.25, 0.3) is 0 Å². The average Bonchev–Trinajstić information content (AvgIpc) is 2.79. The van der Waals surface area contributed by atoms with Crippen LogP contribution in [0.1, 0.15) is 42.4 Å². The molecule has 2 saturated heterocycles. The van der Waals surface area contributed by atoms with Gasteiger partial charge in [0.05, 0.1) is 0 Å². The molecule has 2 amide bonds. The lowest BCUT2D eigenvalue weighted by atomic mass is 10.0. The zero-order chi connectivity index (χ0) is 21.5. The molecule has 2 aromatic rings. The minimum atomic E-state index is 0.0128. The first kappa shape index (κ1) is 21.8. The highest BCUT2D eigenvalue weighted by atomic mass is 16.2. The van der Waals surface area contributed by atoms with Gasteiger partial charge in [-0.25, -0.2) is 4.79 Å². The van der Waals surface area contributed by atoms with Crippen molar-refractivity contribution in [2.75, 3.05) is 26.2 Å². The van der Waals surface area contributed by atoms with Crippen LogP contribution in [0, 0.1) is 6.92 Å². The molecule has 0 saturated carbocycles. The molecular weight excluding hydrogens is 384 g/mol. The molecule has 4 rings (SSSR count).